The summed E-state index contributed by atoms with van der Waals surface area (Å²) < 4.78 is 1.59. The molecule has 1 atom stereocenters. The molecule has 2 aliphatic rings. The van der Waals surface area contributed by atoms with Gasteiger partial charge in [0, 0.05) is 74.6 Å². The number of hydrogen-bond donors (Lipinski definition) is 1. The molecule has 1 fully saturated rings. The molecule has 5 rings (SSSR count). The minimum atomic E-state index is -0.387. The van der Waals surface area contributed by atoms with Crippen LogP contribution in [0.4, 0.5) is 0 Å². The summed E-state index contributed by atoms with van der Waals surface area (Å²) >= 11 is 0. The topological polar surface area (TPSA) is 86.6 Å². The third-order valence-corrected chi connectivity index (χ3v) is 6.81. The van der Waals surface area contributed by atoms with Crippen molar-refractivity contribution in [3.05, 3.63) is 63.5 Å². The van der Waals surface area contributed by atoms with Crippen molar-refractivity contribution in [1.29, 1.82) is 0 Å². The van der Waals surface area contributed by atoms with Crippen LogP contribution in [-0.4, -0.2) is 54.9 Å². The zero-order valence-corrected chi connectivity index (χ0v) is 19.7. The van der Waals surface area contributed by atoms with Gasteiger partial charge in [0.1, 0.15) is 0 Å². The number of nitrogens with one attached hydrogen (secondary N) is 1. The van der Waals surface area contributed by atoms with Crippen molar-refractivity contribution in [2.24, 2.45) is 5.41 Å². The van der Waals surface area contributed by atoms with Gasteiger partial charge in [-0.1, -0.05) is 20.8 Å². The number of H-pyrrole nitrogens is 1. The van der Waals surface area contributed by atoms with E-state index in [9.17, 15) is 9.59 Å². The lowest BCUT2D eigenvalue weighted by atomic mass is 9.90. The van der Waals surface area contributed by atoms with Gasteiger partial charge in [-0.2, -0.15) is 0 Å². The first kappa shape index (κ1) is 21.8. The van der Waals surface area contributed by atoms with Crippen LogP contribution in [0.15, 0.2) is 35.4 Å². The molecule has 174 valence electrons. The zero-order valence-electron chi connectivity index (χ0n) is 19.7. The first-order valence-electron chi connectivity index (χ1n) is 11.8. The Hall–Kier alpha value is -3.00. The summed E-state index contributed by atoms with van der Waals surface area (Å²) in [5, 5.41) is 3.32. The Kier molecular flexibility index (Phi) is 5.56. The van der Waals surface area contributed by atoms with Crippen molar-refractivity contribution in [2.45, 2.75) is 59.0 Å². The normalized spacial score (nSPS) is 19.6. The number of carbonyl (C=O) groups excluding carboxylic acids is 1. The molecular weight excluding hydrogens is 416 g/mol. The largest absolute Gasteiger partial charge is 0.342 e. The minimum Gasteiger partial charge on any atom is -0.342 e. The third-order valence-electron chi connectivity index (χ3n) is 6.81. The predicted octanol–water partition coefficient (Wildman–Crippen LogP) is 2.73. The van der Waals surface area contributed by atoms with Gasteiger partial charge in [-0.15, -0.1) is 0 Å². The Morgan fingerprint density at radius 3 is 2.76 bits per heavy atom. The summed E-state index contributed by atoms with van der Waals surface area (Å²) in [6.07, 6.45) is 6.33. The quantitative estimate of drug-likeness (QED) is 0.666. The van der Waals surface area contributed by atoms with Crippen LogP contribution >= 0.6 is 0 Å². The summed E-state index contributed by atoms with van der Waals surface area (Å²) in [5.74, 6) is 0.370. The van der Waals surface area contributed by atoms with Crippen LogP contribution in [0, 0.1) is 5.41 Å². The Morgan fingerprint density at radius 1 is 1.21 bits per heavy atom. The van der Waals surface area contributed by atoms with Crippen molar-refractivity contribution < 1.29 is 4.79 Å². The van der Waals surface area contributed by atoms with Gasteiger partial charge in [0.2, 0.25) is 5.91 Å². The molecule has 0 aromatic carbocycles. The van der Waals surface area contributed by atoms with Crippen molar-refractivity contribution in [1.82, 2.24) is 29.4 Å². The van der Waals surface area contributed by atoms with Crippen LogP contribution in [0.3, 0.4) is 0 Å². The molecule has 3 aromatic rings. The molecule has 1 N–H and O–H groups in total. The fraction of sp³-hybridized carbons (Fsp3) is 0.520. The lowest BCUT2D eigenvalue weighted by Gasteiger charge is -2.36. The standard InChI is InChI=1S/C25H32N6O2/c1-25(2,3)24(33)30-11-4-5-18(15-30)21-13-22-27-20-8-12-29(14-17-6-9-26-10-7-17)16-19(20)23(32)31(22)28-21/h6-7,9-10,13,18,28H,4-5,8,11-12,14-16H2,1-3H3/t18-/m1/s1. The highest BCUT2D eigenvalue weighted by Crippen LogP contribution is 2.29. The van der Waals surface area contributed by atoms with Crippen molar-refractivity contribution in [3.63, 3.8) is 0 Å². The van der Waals surface area contributed by atoms with E-state index in [1.54, 1.807) is 16.9 Å². The SMILES string of the molecule is CC(C)(C)C(=O)N1CCC[C@@H](c2cc3nc4c(c(=O)n3[nH]2)CN(Cc2ccncc2)CC4)C1. The van der Waals surface area contributed by atoms with Crippen LogP contribution in [0.1, 0.15) is 62.0 Å². The van der Waals surface area contributed by atoms with E-state index in [4.69, 9.17) is 4.98 Å². The molecule has 0 bridgehead atoms. The summed E-state index contributed by atoms with van der Waals surface area (Å²) in [4.78, 5) is 39.3. The zero-order chi connectivity index (χ0) is 23.2. The number of aromatic amines is 1. The van der Waals surface area contributed by atoms with E-state index < -0.39 is 0 Å². The van der Waals surface area contributed by atoms with Crippen LogP contribution in [0.5, 0.6) is 0 Å². The van der Waals surface area contributed by atoms with E-state index in [0.717, 1.165) is 55.8 Å². The predicted molar refractivity (Wildman–Crippen MR) is 126 cm³/mol. The second kappa shape index (κ2) is 8.41. The number of amides is 1. The average Bonchev–Trinajstić information content (AvgIpc) is 3.24. The number of likely N-dealkylation sites (tertiary alicyclic amines) is 1. The molecule has 5 heterocycles. The maximum Gasteiger partial charge on any atom is 0.277 e. The van der Waals surface area contributed by atoms with Gasteiger partial charge < -0.3 is 4.90 Å². The van der Waals surface area contributed by atoms with Crippen LogP contribution in [0.2, 0.25) is 0 Å². The monoisotopic (exact) mass is 448 g/mol. The number of pyridine rings is 1. The highest BCUT2D eigenvalue weighted by Gasteiger charge is 2.32. The molecule has 1 saturated heterocycles. The van der Waals surface area contributed by atoms with Gasteiger partial charge in [0.05, 0.1) is 11.3 Å². The molecule has 0 saturated carbocycles. The van der Waals surface area contributed by atoms with Gasteiger partial charge in [-0.25, -0.2) is 9.50 Å². The van der Waals surface area contributed by atoms with Gasteiger partial charge in [0.15, 0.2) is 5.65 Å². The van der Waals surface area contributed by atoms with Crippen molar-refractivity contribution in [3.8, 4) is 0 Å². The number of piperidine rings is 1. The highest BCUT2D eigenvalue weighted by molar-refractivity contribution is 5.81. The molecule has 1 amide bonds. The molecule has 8 heteroatoms. The Morgan fingerprint density at radius 2 is 2.00 bits per heavy atom. The van der Waals surface area contributed by atoms with Gasteiger partial charge in [-0.3, -0.25) is 24.6 Å². The minimum absolute atomic E-state index is 0.0147. The molecule has 0 radical (unpaired) electrons. The molecule has 0 aliphatic carbocycles. The van der Waals surface area contributed by atoms with E-state index in [2.05, 4.69) is 15.0 Å². The fourth-order valence-electron chi connectivity index (χ4n) is 5.04. The third kappa shape index (κ3) is 4.31. The Bertz CT molecular complexity index is 1220. The van der Waals surface area contributed by atoms with Crippen LogP contribution < -0.4 is 5.56 Å². The summed E-state index contributed by atoms with van der Waals surface area (Å²) in [6.45, 7) is 9.64. The van der Waals surface area contributed by atoms with E-state index in [-0.39, 0.29) is 22.8 Å². The molecule has 2 aliphatic heterocycles. The van der Waals surface area contributed by atoms with Crippen molar-refractivity contribution in [2.75, 3.05) is 19.6 Å². The number of carbonyl (C=O) groups is 1. The maximum atomic E-state index is 13.4. The van der Waals surface area contributed by atoms with Gasteiger partial charge in [0.25, 0.3) is 5.56 Å². The van der Waals surface area contributed by atoms with Crippen LogP contribution in [-0.2, 0) is 24.3 Å². The first-order chi connectivity index (χ1) is 15.8. The van der Waals surface area contributed by atoms with E-state index in [1.807, 2.05) is 43.9 Å². The van der Waals surface area contributed by atoms with Gasteiger partial charge >= 0.3 is 0 Å². The smallest absolute Gasteiger partial charge is 0.277 e. The lowest BCUT2D eigenvalue weighted by Crippen LogP contribution is -2.44. The fourth-order valence-corrected chi connectivity index (χ4v) is 5.04. The first-order valence-corrected chi connectivity index (χ1v) is 11.8. The van der Waals surface area contributed by atoms with E-state index in [0.29, 0.717) is 18.7 Å². The molecule has 8 nitrogen and oxygen atoms in total. The maximum absolute atomic E-state index is 13.4. The van der Waals surface area contributed by atoms with E-state index in [1.165, 1.54) is 5.56 Å². The molecular formula is C25H32N6O2. The second-order valence-corrected chi connectivity index (χ2v) is 10.4. The molecule has 33 heavy (non-hydrogen) atoms. The van der Waals surface area contributed by atoms with E-state index >= 15 is 0 Å². The Balaban J connectivity index is 1.39. The molecule has 0 unspecified atom stereocenters. The van der Waals surface area contributed by atoms with Crippen molar-refractivity contribution >= 4 is 11.6 Å². The molecule has 0 spiro atoms. The highest BCUT2D eigenvalue weighted by atomic mass is 16.2. The number of rotatable bonds is 3. The summed E-state index contributed by atoms with van der Waals surface area (Å²) in [6, 6.07) is 6.03. The Labute approximate surface area is 193 Å². The number of hydrogen-bond acceptors (Lipinski definition) is 5. The summed E-state index contributed by atoms with van der Waals surface area (Å²) in [5.41, 5.74) is 4.13. The van der Waals surface area contributed by atoms with Gasteiger partial charge in [-0.05, 0) is 30.5 Å². The number of fused-ring (bicyclic) bond motifs is 2. The number of aromatic nitrogens is 4. The molecule has 3 aromatic heterocycles. The lowest BCUT2D eigenvalue weighted by molar-refractivity contribution is -0.140. The second-order valence-electron chi connectivity index (χ2n) is 10.4. The summed E-state index contributed by atoms with van der Waals surface area (Å²) in [7, 11) is 0. The van der Waals surface area contributed by atoms with Crippen LogP contribution in [0.25, 0.3) is 5.65 Å². The average molecular weight is 449 g/mol. The number of nitrogens with zero attached hydrogens (tertiary/aromatic N) is 5.